The van der Waals surface area contributed by atoms with Crippen LogP contribution in [0.25, 0.3) is 21.1 Å². The number of nitrogens with zero attached hydrogens (tertiary/aromatic N) is 2. The number of fused-ring (bicyclic) bond motifs is 2. The lowest BCUT2D eigenvalue weighted by Crippen LogP contribution is -2.01. The maximum absolute atomic E-state index is 12.5. The fourth-order valence-corrected chi connectivity index (χ4v) is 2.81. The van der Waals surface area contributed by atoms with Gasteiger partial charge in [0.2, 0.25) is 5.78 Å². The average Bonchev–Trinajstić information content (AvgIpc) is 3.11. The molecule has 0 atom stereocenters. The van der Waals surface area contributed by atoms with Crippen LogP contribution in [0.2, 0.25) is 0 Å². The third-order valence-electron chi connectivity index (χ3n) is 3.28. The van der Waals surface area contributed by atoms with E-state index in [1.165, 1.54) is 11.5 Å². The molecule has 0 saturated heterocycles. The van der Waals surface area contributed by atoms with Crippen LogP contribution in [0.4, 0.5) is 0 Å². The van der Waals surface area contributed by atoms with Gasteiger partial charge in [0, 0.05) is 16.5 Å². The van der Waals surface area contributed by atoms with Crippen LogP contribution < -0.4 is 0 Å². The number of nitrogens with one attached hydrogen (secondary N) is 1. The van der Waals surface area contributed by atoms with E-state index in [2.05, 4.69) is 14.6 Å². The van der Waals surface area contributed by atoms with Crippen molar-refractivity contribution in [2.75, 3.05) is 0 Å². The number of hydrogen-bond donors (Lipinski definition) is 1. The molecule has 0 spiro atoms. The van der Waals surface area contributed by atoms with Gasteiger partial charge in [0.25, 0.3) is 0 Å². The second-order valence-electron chi connectivity index (χ2n) is 4.55. The van der Waals surface area contributed by atoms with E-state index in [0.717, 1.165) is 21.1 Å². The fourth-order valence-electron chi connectivity index (χ4n) is 2.27. The van der Waals surface area contributed by atoms with Gasteiger partial charge in [0.15, 0.2) is 0 Å². The summed E-state index contributed by atoms with van der Waals surface area (Å²) < 4.78 is 4.87. The zero-order chi connectivity index (χ0) is 13.5. The molecule has 0 bridgehead atoms. The Labute approximate surface area is 118 Å². The number of hydrogen-bond acceptors (Lipinski definition) is 4. The molecule has 4 nitrogen and oxygen atoms in total. The van der Waals surface area contributed by atoms with Crippen LogP contribution in [-0.2, 0) is 0 Å². The van der Waals surface area contributed by atoms with Gasteiger partial charge < -0.3 is 4.98 Å². The van der Waals surface area contributed by atoms with Gasteiger partial charge >= 0.3 is 0 Å². The number of para-hydroxylation sites is 1. The van der Waals surface area contributed by atoms with Crippen molar-refractivity contribution in [2.45, 2.75) is 0 Å². The van der Waals surface area contributed by atoms with E-state index >= 15 is 0 Å². The highest BCUT2D eigenvalue weighted by molar-refractivity contribution is 7.12. The smallest absolute Gasteiger partial charge is 0.209 e. The summed E-state index contributed by atoms with van der Waals surface area (Å²) in [5.74, 6) is -0.0314. The molecule has 96 valence electrons. The Kier molecular flexibility index (Phi) is 2.40. The van der Waals surface area contributed by atoms with E-state index in [-0.39, 0.29) is 5.78 Å². The summed E-state index contributed by atoms with van der Waals surface area (Å²) in [5.41, 5.74) is 2.94. The maximum Gasteiger partial charge on any atom is 0.209 e. The van der Waals surface area contributed by atoms with E-state index < -0.39 is 0 Å². The average molecular weight is 279 g/mol. The molecule has 1 N–H and O–H groups in total. The molecule has 0 aliphatic carbocycles. The van der Waals surface area contributed by atoms with Gasteiger partial charge in [-0.2, -0.15) is 0 Å². The molecule has 0 amide bonds. The topological polar surface area (TPSA) is 58.6 Å². The van der Waals surface area contributed by atoms with Gasteiger partial charge in [-0.15, -0.1) is 5.10 Å². The first kappa shape index (κ1) is 11.3. The van der Waals surface area contributed by atoms with Crippen LogP contribution in [0.1, 0.15) is 16.1 Å². The molecule has 0 radical (unpaired) electrons. The van der Waals surface area contributed by atoms with E-state index in [1.807, 2.05) is 42.5 Å². The third kappa shape index (κ3) is 1.71. The summed E-state index contributed by atoms with van der Waals surface area (Å²) in [6.07, 6.45) is 0. The van der Waals surface area contributed by atoms with Crippen molar-refractivity contribution in [1.29, 1.82) is 0 Å². The molecule has 0 unspecified atom stereocenters. The minimum Gasteiger partial charge on any atom is -0.352 e. The maximum atomic E-state index is 12.5. The van der Waals surface area contributed by atoms with Crippen molar-refractivity contribution in [2.24, 2.45) is 0 Å². The lowest BCUT2D eigenvalue weighted by atomic mass is 10.1. The normalized spacial score (nSPS) is 11.2. The van der Waals surface area contributed by atoms with E-state index in [1.54, 1.807) is 6.07 Å². The predicted octanol–water partition coefficient (Wildman–Crippen LogP) is 3.40. The van der Waals surface area contributed by atoms with E-state index in [0.29, 0.717) is 11.3 Å². The molecule has 4 rings (SSSR count). The molecule has 20 heavy (non-hydrogen) atoms. The molecule has 4 aromatic rings. The van der Waals surface area contributed by atoms with Crippen LogP contribution in [-0.4, -0.2) is 20.4 Å². The molecular weight excluding hydrogens is 270 g/mol. The Morgan fingerprint density at radius 3 is 2.90 bits per heavy atom. The summed E-state index contributed by atoms with van der Waals surface area (Å²) in [6, 6.07) is 15.2. The van der Waals surface area contributed by atoms with Crippen molar-refractivity contribution < 1.29 is 4.79 Å². The van der Waals surface area contributed by atoms with Crippen molar-refractivity contribution >= 4 is 38.4 Å². The van der Waals surface area contributed by atoms with Crippen LogP contribution >= 0.6 is 11.5 Å². The second kappa shape index (κ2) is 4.25. The summed E-state index contributed by atoms with van der Waals surface area (Å²) in [5, 5.41) is 5.04. The Morgan fingerprint density at radius 2 is 2.00 bits per heavy atom. The molecule has 0 aliphatic heterocycles. The lowest BCUT2D eigenvalue weighted by molar-refractivity contribution is 0.103. The van der Waals surface area contributed by atoms with Gasteiger partial charge in [0.1, 0.15) is 5.52 Å². The number of carbonyl (C=O) groups excluding carboxylic acids is 1. The molecule has 2 aromatic heterocycles. The Bertz CT molecular complexity index is 901. The minimum absolute atomic E-state index is 0.0314. The predicted molar refractivity (Wildman–Crippen MR) is 79.1 cm³/mol. The largest absolute Gasteiger partial charge is 0.352 e. The zero-order valence-corrected chi connectivity index (χ0v) is 11.1. The summed E-state index contributed by atoms with van der Waals surface area (Å²) in [6.45, 7) is 0. The summed E-state index contributed by atoms with van der Waals surface area (Å²) in [4.78, 5) is 15.7. The van der Waals surface area contributed by atoms with Crippen LogP contribution in [0.5, 0.6) is 0 Å². The van der Waals surface area contributed by atoms with Crippen molar-refractivity contribution in [3.63, 3.8) is 0 Å². The van der Waals surface area contributed by atoms with Gasteiger partial charge in [-0.05, 0) is 41.9 Å². The third-order valence-corrected chi connectivity index (χ3v) is 3.99. The minimum atomic E-state index is -0.0314. The van der Waals surface area contributed by atoms with Crippen molar-refractivity contribution in [1.82, 2.24) is 14.6 Å². The SMILES string of the molecule is O=C(c1ccc2snnc2c1)c1cc2ccccc2[nH]1. The first-order valence-corrected chi connectivity index (χ1v) is 6.93. The first-order valence-electron chi connectivity index (χ1n) is 6.16. The van der Waals surface area contributed by atoms with Crippen molar-refractivity contribution in [3.8, 4) is 0 Å². The van der Waals surface area contributed by atoms with Gasteiger partial charge in [-0.25, -0.2) is 0 Å². The quantitative estimate of drug-likeness (QED) is 0.572. The standard InChI is InChI=1S/C15H9N3OS/c19-15(10-5-6-14-12(8-10)17-18-20-14)13-7-9-3-1-2-4-11(9)16-13/h1-8,16H. The number of benzene rings is 2. The van der Waals surface area contributed by atoms with Crippen molar-refractivity contribution in [3.05, 3.63) is 59.8 Å². The molecule has 5 heteroatoms. The second-order valence-corrected chi connectivity index (χ2v) is 5.34. The number of aromatic nitrogens is 3. The zero-order valence-electron chi connectivity index (χ0n) is 10.3. The number of H-pyrrole nitrogens is 1. The number of carbonyl (C=O) groups is 1. The summed E-state index contributed by atoms with van der Waals surface area (Å²) >= 11 is 1.33. The molecule has 2 aromatic carbocycles. The summed E-state index contributed by atoms with van der Waals surface area (Å²) in [7, 11) is 0. The van der Waals surface area contributed by atoms with E-state index in [4.69, 9.17) is 0 Å². The Hall–Kier alpha value is -2.53. The van der Waals surface area contributed by atoms with Crippen LogP contribution in [0.3, 0.4) is 0 Å². The first-order chi connectivity index (χ1) is 9.81. The highest BCUT2D eigenvalue weighted by Crippen LogP contribution is 2.21. The monoisotopic (exact) mass is 279 g/mol. The van der Waals surface area contributed by atoms with Crippen LogP contribution in [0.15, 0.2) is 48.5 Å². The lowest BCUT2D eigenvalue weighted by Gasteiger charge is -1.97. The van der Waals surface area contributed by atoms with Gasteiger partial charge in [-0.3, -0.25) is 4.79 Å². The Morgan fingerprint density at radius 1 is 1.10 bits per heavy atom. The molecular formula is C15H9N3OS. The molecule has 0 fully saturated rings. The van der Waals surface area contributed by atoms with Crippen LogP contribution in [0, 0.1) is 0 Å². The molecule has 2 heterocycles. The highest BCUT2D eigenvalue weighted by Gasteiger charge is 2.13. The van der Waals surface area contributed by atoms with E-state index in [9.17, 15) is 4.79 Å². The number of aromatic amines is 1. The fraction of sp³-hybridized carbons (Fsp3) is 0. The number of rotatable bonds is 2. The molecule has 0 aliphatic rings. The number of ketones is 1. The highest BCUT2D eigenvalue weighted by atomic mass is 32.1. The van der Waals surface area contributed by atoms with Gasteiger partial charge in [-0.1, -0.05) is 22.7 Å². The van der Waals surface area contributed by atoms with Gasteiger partial charge in [0.05, 0.1) is 10.4 Å². The molecule has 0 saturated carbocycles. The Balaban J connectivity index is 1.82.